The van der Waals surface area contributed by atoms with E-state index < -0.39 is 23.7 Å². The number of halogens is 1. The molecule has 0 heterocycles. The quantitative estimate of drug-likeness (QED) is 0.792. The molecule has 17 heavy (non-hydrogen) atoms. The third kappa shape index (κ3) is 6.51. The van der Waals surface area contributed by atoms with Crippen molar-refractivity contribution in [2.24, 2.45) is 0 Å². The monoisotopic (exact) mass is 309 g/mol. The van der Waals surface area contributed by atoms with Crippen LogP contribution < -0.4 is 0 Å². The number of nitrogens with zero attached hydrogens (tertiary/aromatic N) is 1. The highest BCUT2D eigenvalue weighted by Gasteiger charge is 2.29. The average molecular weight is 310 g/mol. The van der Waals surface area contributed by atoms with Gasteiger partial charge in [0, 0.05) is 12.4 Å². The molecule has 0 aliphatic rings. The summed E-state index contributed by atoms with van der Waals surface area (Å²) in [4.78, 5) is 23.9. The molecule has 5 nitrogen and oxygen atoms in total. The van der Waals surface area contributed by atoms with Gasteiger partial charge < -0.3 is 9.84 Å². The van der Waals surface area contributed by atoms with Crippen LogP contribution in [0.5, 0.6) is 0 Å². The lowest BCUT2D eigenvalue weighted by Crippen LogP contribution is -2.44. The zero-order valence-electron chi connectivity index (χ0n) is 10.7. The Balaban J connectivity index is 4.55. The zero-order chi connectivity index (χ0) is 13.6. The maximum atomic E-state index is 11.7. The highest BCUT2D eigenvalue weighted by atomic mass is 79.9. The molecule has 1 N–H and O–H groups in total. The van der Waals surface area contributed by atoms with Crippen molar-refractivity contribution in [3.63, 3.8) is 0 Å². The number of rotatable bonds is 5. The normalized spacial score (nSPS) is 13.0. The summed E-state index contributed by atoms with van der Waals surface area (Å²) in [5.74, 6) is -1.01. The lowest BCUT2D eigenvalue weighted by molar-refractivity contribution is -0.142. The van der Waals surface area contributed by atoms with E-state index in [1.807, 2.05) is 0 Å². The summed E-state index contributed by atoms with van der Waals surface area (Å²) in [6, 6.07) is -0.845. The summed E-state index contributed by atoms with van der Waals surface area (Å²) in [5.41, 5.74) is -0.621. The second-order valence-electron chi connectivity index (χ2n) is 4.78. The van der Waals surface area contributed by atoms with E-state index in [9.17, 15) is 9.59 Å². The predicted octanol–water partition coefficient (Wildman–Crippen LogP) is 2.48. The van der Waals surface area contributed by atoms with Gasteiger partial charge in [-0.25, -0.2) is 9.59 Å². The zero-order valence-corrected chi connectivity index (χ0v) is 12.3. The van der Waals surface area contributed by atoms with E-state index >= 15 is 0 Å². The average Bonchev–Trinajstić information content (AvgIpc) is 2.14. The SMILES string of the molecule is CN(C(=O)OC(C)(C)C)C(CCCBr)C(=O)O. The summed E-state index contributed by atoms with van der Waals surface area (Å²) in [5, 5.41) is 9.76. The Bertz CT molecular complexity index is 275. The fraction of sp³-hybridized carbons (Fsp3) is 0.818. The molecular formula is C11H20BrNO4. The first kappa shape index (κ1) is 16.2. The van der Waals surface area contributed by atoms with Crippen LogP contribution in [0, 0.1) is 0 Å². The van der Waals surface area contributed by atoms with E-state index in [0.29, 0.717) is 18.2 Å². The van der Waals surface area contributed by atoms with Gasteiger partial charge in [-0.15, -0.1) is 0 Å². The molecule has 0 fully saturated rings. The predicted molar refractivity (Wildman–Crippen MR) is 68.4 cm³/mol. The van der Waals surface area contributed by atoms with Gasteiger partial charge in [0.2, 0.25) is 0 Å². The number of alkyl halides is 1. The van der Waals surface area contributed by atoms with Crippen molar-refractivity contribution in [2.45, 2.75) is 45.3 Å². The maximum Gasteiger partial charge on any atom is 0.410 e. The number of hydrogen-bond acceptors (Lipinski definition) is 3. The van der Waals surface area contributed by atoms with Gasteiger partial charge in [-0.05, 0) is 33.6 Å². The second-order valence-corrected chi connectivity index (χ2v) is 5.57. The molecule has 100 valence electrons. The Labute approximate surface area is 110 Å². The molecule has 0 saturated heterocycles. The topological polar surface area (TPSA) is 66.8 Å². The van der Waals surface area contributed by atoms with Crippen LogP contribution in [-0.2, 0) is 9.53 Å². The van der Waals surface area contributed by atoms with Crippen molar-refractivity contribution < 1.29 is 19.4 Å². The first-order valence-electron chi connectivity index (χ1n) is 5.43. The standard InChI is InChI=1S/C11H20BrNO4/c1-11(2,3)17-10(16)13(4)8(9(14)15)6-5-7-12/h8H,5-7H2,1-4H3,(H,14,15). The van der Waals surface area contributed by atoms with Crippen molar-refractivity contribution in [2.75, 3.05) is 12.4 Å². The van der Waals surface area contributed by atoms with Gasteiger partial charge in [0.15, 0.2) is 0 Å². The summed E-state index contributed by atoms with van der Waals surface area (Å²) in [6.45, 7) is 5.23. The molecule has 0 spiro atoms. The molecule has 1 unspecified atom stereocenters. The minimum absolute atomic E-state index is 0.399. The molecule has 0 aliphatic carbocycles. The van der Waals surface area contributed by atoms with Crippen molar-refractivity contribution in [1.82, 2.24) is 4.90 Å². The van der Waals surface area contributed by atoms with Crippen LogP contribution in [0.3, 0.4) is 0 Å². The van der Waals surface area contributed by atoms with Crippen LogP contribution in [-0.4, -0.2) is 46.1 Å². The number of ether oxygens (including phenoxy) is 1. The molecule has 0 rings (SSSR count). The Kier molecular flexibility index (Phi) is 6.52. The Hall–Kier alpha value is -0.780. The summed E-state index contributed by atoms with van der Waals surface area (Å²) in [7, 11) is 1.45. The molecule has 1 amide bonds. The third-order valence-corrected chi connectivity index (χ3v) is 2.61. The number of amides is 1. The van der Waals surface area contributed by atoms with Gasteiger partial charge in [-0.2, -0.15) is 0 Å². The maximum absolute atomic E-state index is 11.7. The molecule has 1 atom stereocenters. The van der Waals surface area contributed by atoms with Gasteiger partial charge in [-0.3, -0.25) is 4.90 Å². The fourth-order valence-corrected chi connectivity index (χ4v) is 1.54. The largest absolute Gasteiger partial charge is 0.480 e. The van der Waals surface area contributed by atoms with Crippen LogP contribution in [0.1, 0.15) is 33.6 Å². The van der Waals surface area contributed by atoms with E-state index in [-0.39, 0.29) is 0 Å². The van der Waals surface area contributed by atoms with Gasteiger partial charge in [0.1, 0.15) is 11.6 Å². The van der Waals surface area contributed by atoms with E-state index in [0.717, 1.165) is 4.90 Å². The number of carbonyl (C=O) groups excluding carboxylic acids is 1. The van der Waals surface area contributed by atoms with E-state index in [1.165, 1.54) is 7.05 Å². The van der Waals surface area contributed by atoms with Crippen LogP contribution in [0.15, 0.2) is 0 Å². The molecule has 0 radical (unpaired) electrons. The molecule has 0 bridgehead atoms. The van der Waals surface area contributed by atoms with Crippen LogP contribution in [0.25, 0.3) is 0 Å². The molecule has 0 aromatic carbocycles. The highest BCUT2D eigenvalue weighted by Crippen LogP contribution is 2.13. The van der Waals surface area contributed by atoms with Crippen LogP contribution >= 0.6 is 15.9 Å². The first-order chi connectivity index (χ1) is 7.69. The van der Waals surface area contributed by atoms with E-state index in [4.69, 9.17) is 9.84 Å². The lowest BCUT2D eigenvalue weighted by Gasteiger charge is -2.28. The summed E-state index contributed by atoms with van der Waals surface area (Å²) < 4.78 is 5.12. The van der Waals surface area contributed by atoms with E-state index in [2.05, 4.69) is 15.9 Å². The molecule has 0 aromatic rings. The third-order valence-electron chi connectivity index (χ3n) is 2.05. The molecular weight excluding hydrogens is 290 g/mol. The number of carboxylic acid groups (broad SMARTS) is 1. The van der Waals surface area contributed by atoms with Gasteiger partial charge in [0.25, 0.3) is 0 Å². The molecule has 0 saturated carbocycles. The minimum atomic E-state index is -1.01. The molecule has 0 aromatic heterocycles. The Morgan fingerprint density at radius 2 is 1.94 bits per heavy atom. The fourth-order valence-electron chi connectivity index (χ4n) is 1.21. The smallest absolute Gasteiger partial charge is 0.410 e. The van der Waals surface area contributed by atoms with Crippen LogP contribution in [0.2, 0.25) is 0 Å². The highest BCUT2D eigenvalue weighted by molar-refractivity contribution is 9.09. The van der Waals surface area contributed by atoms with Crippen LogP contribution in [0.4, 0.5) is 4.79 Å². The summed E-state index contributed by atoms with van der Waals surface area (Å²) in [6.07, 6.45) is 0.472. The van der Waals surface area contributed by atoms with E-state index in [1.54, 1.807) is 20.8 Å². The molecule has 0 aliphatic heterocycles. The first-order valence-corrected chi connectivity index (χ1v) is 6.55. The number of aliphatic carboxylic acids is 1. The number of carbonyl (C=O) groups is 2. The number of likely N-dealkylation sites (N-methyl/N-ethyl adjacent to an activating group) is 1. The van der Waals surface area contributed by atoms with Gasteiger partial charge in [0.05, 0.1) is 0 Å². The van der Waals surface area contributed by atoms with Crippen molar-refractivity contribution in [3.8, 4) is 0 Å². The number of carboxylic acids is 1. The minimum Gasteiger partial charge on any atom is -0.480 e. The lowest BCUT2D eigenvalue weighted by atomic mass is 10.1. The van der Waals surface area contributed by atoms with Gasteiger partial charge in [-0.1, -0.05) is 15.9 Å². The Morgan fingerprint density at radius 3 is 2.29 bits per heavy atom. The second kappa shape index (κ2) is 6.83. The van der Waals surface area contributed by atoms with Crippen molar-refractivity contribution in [1.29, 1.82) is 0 Å². The summed E-state index contributed by atoms with van der Waals surface area (Å²) >= 11 is 3.23. The Morgan fingerprint density at radius 1 is 1.41 bits per heavy atom. The van der Waals surface area contributed by atoms with Gasteiger partial charge >= 0.3 is 12.1 Å². The molecule has 6 heteroatoms. The van der Waals surface area contributed by atoms with Crippen molar-refractivity contribution in [3.05, 3.63) is 0 Å². The number of hydrogen-bond donors (Lipinski definition) is 1. The van der Waals surface area contributed by atoms with Crippen molar-refractivity contribution >= 4 is 28.0 Å².